The average Bonchev–Trinajstić information content (AvgIpc) is 2.17. The molecule has 0 aliphatic carbocycles. The Hall–Kier alpha value is -1.64. The van der Waals surface area contributed by atoms with Crippen LogP contribution in [0.5, 0.6) is 0 Å². The summed E-state index contributed by atoms with van der Waals surface area (Å²) in [5, 5.41) is 10.5. The van der Waals surface area contributed by atoms with Gasteiger partial charge in [0.2, 0.25) is 5.70 Å². The van der Waals surface area contributed by atoms with Crippen molar-refractivity contribution in [1.82, 2.24) is 0 Å². The number of hydrogen-bond acceptors (Lipinski definition) is 2. The van der Waals surface area contributed by atoms with Gasteiger partial charge in [-0.1, -0.05) is 45.0 Å². The highest BCUT2D eigenvalue weighted by atomic mass is 16.6. The van der Waals surface area contributed by atoms with Crippen LogP contribution >= 0.6 is 0 Å². The highest BCUT2D eigenvalue weighted by molar-refractivity contribution is 5.51. The largest absolute Gasteiger partial charge is 0.259 e. The van der Waals surface area contributed by atoms with E-state index < -0.39 is 0 Å². The van der Waals surface area contributed by atoms with Gasteiger partial charge in [0.25, 0.3) is 0 Å². The molecular formula is C13H17NO2. The summed E-state index contributed by atoms with van der Waals surface area (Å²) in [7, 11) is 0. The van der Waals surface area contributed by atoms with E-state index in [9.17, 15) is 10.1 Å². The van der Waals surface area contributed by atoms with Crippen LogP contribution in [-0.4, -0.2) is 4.92 Å². The van der Waals surface area contributed by atoms with E-state index >= 15 is 0 Å². The summed E-state index contributed by atoms with van der Waals surface area (Å²) in [6.07, 6.45) is 1.58. The number of rotatable bonds is 2. The van der Waals surface area contributed by atoms with Gasteiger partial charge < -0.3 is 0 Å². The second kappa shape index (κ2) is 4.47. The number of allylic oxidation sites excluding steroid dienone is 1. The lowest BCUT2D eigenvalue weighted by Crippen LogP contribution is -2.10. The molecule has 1 aromatic carbocycles. The molecule has 0 amide bonds. The van der Waals surface area contributed by atoms with Gasteiger partial charge in [0.15, 0.2) is 0 Å². The molecule has 0 atom stereocenters. The van der Waals surface area contributed by atoms with Gasteiger partial charge in [0.05, 0.1) is 4.92 Å². The first-order chi connectivity index (χ1) is 7.30. The van der Waals surface area contributed by atoms with Crippen LogP contribution in [0.4, 0.5) is 0 Å². The highest BCUT2D eigenvalue weighted by Gasteiger charge is 2.12. The van der Waals surface area contributed by atoms with Crippen molar-refractivity contribution in [3.63, 3.8) is 0 Å². The molecule has 1 rings (SSSR count). The van der Waals surface area contributed by atoms with Crippen LogP contribution in [0.2, 0.25) is 0 Å². The van der Waals surface area contributed by atoms with E-state index in [0.29, 0.717) is 0 Å². The fraction of sp³-hybridized carbons (Fsp3) is 0.385. The molecule has 1 aromatic rings. The summed E-state index contributed by atoms with van der Waals surface area (Å²) in [4.78, 5) is 10.1. The van der Waals surface area contributed by atoms with E-state index in [1.807, 2.05) is 24.3 Å². The third-order valence-electron chi connectivity index (χ3n) is 2.44. The van der Waals surface area contributed by atoms with Crippen LogP contribution in [0.25, 0.3) is 6.08 Å². The lowest BCUT2D eigenvalue weighted by Gasteiger charge is -2.18. The first kappa shape index (κ1) is 12.4. The number of hydrogen-bond donors (Lipinski definition) is 0. The Kier molecular flexibility index (Phi) is 3.48. The molecule has 0 fully saturated rings. The fourth-order valence-corrected chi connectivity index (χ4v) is 1.37. The van der Waals surface area contributed by atoms with E-state index in [1.165, 1.54) is 12.5 Å². The fourth-order valence-electron chi connectivity index (χ4n) is 1.37. The molecule has 0 aliphatic rings. The van der Waals surface area contributed by atoms with E-state index in [2.05, 4.69) is 20.8 Å². The van der Waals surface area contributed by atoms with Crippen molar-refractivity contribution in [2.24, 2.45) is 0 Å². The van der Waals surface area contributed by atoms with Crippen molar-refractivity contribution in [1.29, 1.82) is 0 Å². The number of nitrogens with zero attached hydrogens (tertiary/aromatic N) is 1. The summed E-state index contributed by atoms with van der Waals surface area (Å²) < 4.78 is 0. The van der Waals surface area contributed by atoms with Crippen molar-refractivity contribution >= 4 is 6.08 Å². The molecule has 0 heterocycles. The first-order valence-electron chi connectivity index (χ1n) is 5.24. The second-order valence-corrected chi connectivity index (χ2v) is 4.91. The zero-order valence-corrected chi connectivity index (χ0v) is 10.2. The minimum Gasteiger partial charge on any atom is -0.259 e. The molecule has 16 heavy (non-hydrogen) atoms. The highest BCUT2D eigenvalue weighted by Crippen LogP contribution is 2.22. The number of nitro groups is 1. The van der Waals surface area contributed by atoms with Gasteiger partial charge in [0, 0.05) is 13.0 Å². The van der Waals surface area contributed by atoms with Crippen LogP contribution in [-0.2, 0) is 5.41 Å². The van der Waals surface area contributed by atoms with Gasteiger partial charge in [-0.2, -0.15) is 0 Å². The topological polar surface area (TPSA) is 43.1 Å². The molecule has 0 spiro atoms. The third-order valence-corrected chi connectivity index (χ3v) is 2.44. The molecule has 0 bridgehead atoms. The molecule has 0 saturated carbocycles. The van der Waals surface area contributed by atoms with Crippen LogP contribution < -0.4 is 0 Å². The molecule has 0 N–H and O–H groups in total. The SMILES string of the molecule is C/C(=C\c1ccc(C(C)(C)C)cc1)[N+](=O)[O-]. The summed E-state index contributed by atoms with van der Waals surface area (Å²) in [6, 6.07) is 7.85. The lowest BCUT2D eigenvalue weighted by atomic mass is 9.87. The molecule has 0 unspecified atom stereocenters. The molecule has 0 saturated heterocycles. The van der Waals surface area contributed by atoms with Gasteiger partial charge in [-0.25, -0.2) is 0 Å². The molecule has 3 heteroatoms. The predicted molar refractivity (Wildman–Crippen MR) is 65.8 cm³/mol. The van der Waals surface area contributed by atoms with Gasteiger partial charge in [-0.15, -0.1) is 0 Å². The summed E-state index contributed by atoms with van der Waals surface area (Å²) >= 11 is 0. The van der Waals surface area contributed by atoms with E-state index in [1.54, 1.807) is 6.08 Å². The van der Waals surface area contributed by atoms with Gasteiger partial charge in [0.1, 0.15) is 0 Å². The third kappa shape index (κ3) is 3.19. The van der Waals surface area contributed by atoms with Crippen molar-refractivity contribution in [2.45, 2.75) is 33.1 Å². The van der Waals surface area contributed by atoms with E-state index in [0.717, 1.165) is 5.56 Å². The van der Waals surface area contributed by atoms with Crippen LogP contribution in [0, 0.1) is 10.1 Å². The maximum atomic E-state index is 10.5. The Morgan fingerprint density at radius 1 is 1.25 bits per heavy atom. The Labute approximate surface area is 95.9 Å². The molecule has 3 nitrogen and oxygen atoms in total. The minimum atomic E-state index is -0.377. The Morgan fingerprint density at radius 2 is 1.75 bits per heavy atom. The zero-order chi connectivity index (χ0) is 12.3. The number of benzene rings is 1. The van der Waals surface area contributed by atoms with Gasteiger partial charge in [-0.3, -0.25) is 10.1 Å². The predicted octanol–water partition coefficient (Wildman–Crippen LogP) is 3.62. The average molecular weight is 219 g/mol. The first-order valence-corrected chi connectivity index (χ1v) is 5.24. The van der Waals surface area contributed by atoms with Gasteiger partial charge >= 0.3 is 0 Å². The molecule has 0 aliphatic heterocycles. The van der Waals surface area contributed by atoms with Crippen LogP contribution in [0.15, 0.2) is 30.0 Å². The summed E-state index contributed by atoms with van der Waals surface area (Å²) in [6.45, 7) is 7.91. The summed E-state index contributed by atoms with van der Waals surface area (Å²) in [5.41, 5.74) is 2.36. The monoisotopic (exact) mass is 219 g/mol. The van der Waals surface area contributed by atoms with Crippen molar-refractivity contribution in [2.75, 3.05) is 0 Å². The van der Waals surface area contributed by atoms with Crippen molar-refractivity contribution in [3.8, 4) is 0 Å². The molecular weight excluding hydrogens is 202 g/mol. The summed E-state index contributed by atoms with van der Waals surface area (Å²) in [5.74, 6) is 0. The molecule has 0 radical (unpaired) electrons. The Morgan fingerprint density at radius 3 is 2.12 bits per heavy atom. The smallest absolute Gasteiger partial charge is 0.243 e. The Bertz CT molecular complexity index is 411. The minimum absolute atomic E-state index is 0.112. The maximum absolute atomic E-state index is 10.5. The quantitative estimate of drug-likeness (QED) is 0.563. The van der Waals surface area contributed by atoms with Gasteiger partial charge in [-0.05, 0) is 16.5 Å². The second-order valence-electron chi connectivity index (χ2n) is 4.91. The lowest BCUT2D eigenvalue weighted by molar-refractivity contribution is -0.422. The van der Waals surface area contributed by atoms with Crippen molar-refractivity contribution < 1.29 is 4.92 Å². The van der Waals surface area contributed by atoms with E-state index in [4.69, 9.17) is 0 Å². The van der Waals surface area contributed by atoms with Crippen LogP contribution in [0.1, 0.15) is 38.8 Å². The zero-order valence-electron chi connectivity index (χ0n) is 10.2. The maximum Gasteiger partial charge on any atom is 0.243 e. The molecule has 0 aromatic heterocycles. The standard InChI is InChI=1S/C13H17NO2/c1-10(14(15)16)9-11-5-7-12(8-6-11)13(2,3)4/h5-9H,1-4H3/b10-9+. The van der Waals surface area contributed by atoms with Crippen LogP contribution in [0.3, 0.4) is 0 Å². The Balaban J connectivity index is 2.97. The molecule has 86 valence electrons. The van der Waals surface area contributed by atoms with E-state index in [-0.39, 0.29) is 16.0 Å². The van der Waals surface area contributed by atoms with Crippen molar-refractivity contribution in [3.05, 3.63) is 51.2 Å². The normalized spacial score (nSPS) is 12.6.